The summed E-state index contributed by atoms with van der Waals surface area (Å²) >= 11 is 1.56. The molecule has 6 unspecified atom stereocenters. The second-order valence-corrected chi connectivity index (χ2v) is 11.6. The van der Waals surface area contributed by atoms with Crippen molar-refractivity contribution in [3.05, 3.63) is 33.3 Å². The number of hydrogen-bond acceptors (Lipinski definition) is 8. The molecule has 0 aliphatic carbocycles. The lowest BCUT2D eigenvalue weighted by Crippen LogP contribution is -2.45. The van der Waals surface area contributed by atoms with E-state index in [1.807, 2.05) is 39.2 Å². The van der Waals surface area contributed by atoms with Crippen molar-refractivity contribution in [1.82, 2.24) is 4.98 Å². The van der Waals surface area contributed by atoms with E-state index in [1.54, 1.807) is 24.3 Å². The third-order valence-electron chi connectivity index (χ3n) is 6.94. The molecule has 0 saturated heterocycles. The number of carbonyl (C=O) groups is 2. The van der Waals surface area contributed by atoms with Gasteiger partial charge in [0.05, 0.1) is 46.9 Å². The third-order valence-corrected chi connectivity index (χ3v) is 7.73. The fraction of sp³-hybridized carbons (Fsp3) is 0.667. The molecule has 0 fully saturated rings. The van der Waals surface area contributed by atoms with Crippen LogP contribution < -0.4 is 5.73 Å². The Kier molecular flexibility index (Phi) is 12.6. The van der Waals surface area contributed by atoms with Crippen molar-refractivity contribution in [3.8, 4) is 0 Å². The fourth-order valence-electron chi connectivity index (χ4n) is 4.22. The van der Waals surface area contributed by atoms with Crippen molar-refractivity contribution >= 4 is 29.2 Å². The van der Waals surface area contributed by atoms with Crippen LogP contribution in [0.5, 0.6) is 0 Å². The lowest BCUT2D eigenvalue weighted by atomic mass is 9.73. The second-order valence-electron chi connectivity index (χ2n) is 10.6. The highest BCUT2D eigenvalue weighted by molar-refractivity contribution is 7.09. The van der Waals surface area contributed by atoms with Crippen LogP contribution >= 0.6 is 11.3 Å². The van der Waals surface area contributed by atoms with E-state index in [9.17, 15) is 24.9 Å². The number of carboxylic acid groups (broad SMARTS) is 1. The van der Waals surface area contributed by atoms with E-state index in [0.717, 1.165) is 28.3 Å². The van der Waals surface area contributed by atoms with Gasteiger partial charge in [-0.05, 0) is 52.0 Å². The molecule has 0 bridgehead atoms. The topological polar surface area (TPSA) is 154 Å². The number of ketones is 1. The highest BCUT2D eigenvalue weighted by Crippen LogP contribution is 2.31. The molecule has 9 heteroatoms. The summed E-state index contributed by atoms with van der Waals surface area (Å²) in [7, 11) is 0. The summed E-state index contributed by atoms with van der Waals surface area (Å²) in [6, 6.07) is -0.547. The van der Waals surface area contributed by atoms with Crippen molar-refractivity contribution in [2.75, 3.05) is 0 Å². The van der Waals surface area contributed by atoms with Crippen LogP contribution in [0.15, 0.2) is 22.6 Å². The van der Waals surface area contributed by atoms with Gasteiger partial charge in [-0.15, -0.1) is 11.3 Å². The molecule has 1 rings (SSSR count). The first-order valence-corrected chi connectivity index (χ1v) is 13.3. The number of carboxylic acids is 1. The molecular formula is C27H44N2O6S. The van der Waals surface area contributed by atoms with Gasteiger partial charge in [0, 0.05) is 11.3 Å². The molecule has 6 atom stereocenters. The van der Waals surface area contributed by atoms with Crippen LogP contribution in [0, 0.1) is 24.2 Å². The number of thiazole rings is 1. The zero-order valence-electron chi connectivity index (χ0n) is 22.6. The number of aliphatic hydroxyl groups excluding tert-OH is 3. The fourth-order valence-corrected chi connectivity index (χ4v) is 4.79. The van der Waals surface area contributed by atoms with Gasteiger partial charge >= 0.3 is 5.97 Å². The number of allylic oxidation sites excluding steroid dienone is 1. The summed E-state index contributed by atoms with van der Waals surface area (Å²) < 4.78 is 0. The lowest BCUT2D eigenvalue weighted by Gasteiger charge is -2.34. The standard InChI is InChI=1S/C27H44N2O6S/c1-15(11-21(30)24(28)17(3)12-20-14-36-19(5)29-20)9-8-10-16(2)25(34)18(4)26(35)27(6,7)22(31)13-23(32)33/h11-12,14,16,18,21-22,24-25,30-31,34H,8-10,13,28H2,1-7H3,(H,32,33)/b15-11-,17-12+. The van der Waals surface area contributed by atoms with E-state index >= 15 is 0 Å². The van der Waals surface area contributed by atoms with Crippen LogP contribution in [0.25, 0.3) is 6.08 Å². The Hall–Kier alpha value is -1.91. The molecule has 1 aromatic heterocycles. The van der Waals surface area contributed by atoms with Crippen LogP contribution in [0.4, 0.5) is 0 Å². The maximum absolute atomic E-state index is 12.9. The summed E-state index contributed by atoms with van der Waals surface area (Å²) in [6.07, 6.45) is 2.15. The predicted octanol–water partition coefficient (Wildman–Crippen LogP) is 3.72. The van der Waals surface area contributed by atoms with Crippen LogP contribution in [0.1, 0.15) is 77.9 Å². The Labute approximate surface area is 219 Å². The van der Waals surface area contributed by atoms with Gasteiger partial charge < -0.3 is 26.2 Å². The maximum atomic E-state index is 12.9. The molecule has 0 radical (unpaired) electrons. The molecule has 6 N–H and O–H groups in total. The number of aromatic nitrogens is 1. The summed E-state index contributed by atoms with van der Waals surface area (Å²) in [4.78, 5) is 28.2. The Morgan fingerprint density at radius 2 is 1.81 bits per heavy atom. The molecule has 36 heavy (non-hydrogen) atoms. The average molecular weight is 525 g/mol. The van der Waals surface area contributed by atoms with E-state index in [-0.39, 0.29) is 11.7 Å². The van der Waals surface area contributed by atoms with Crippen LogP contribution in [0.2, 0.25) is 0 Å². The molecule has 0 spiro atoms. The first-order chi connectivity index (χ1) is 16.6. The van der Waals surface area contributed by atoms with Gasteiger partial charge in [0.15, 0.2) is 0 Å². The summed E-state index contributed by atoms with van der Waals surface area (Å²) in [5, 5.41) is 43.3. The Balaban J connectivity index is 2.62. The number of Topliss-reactive ketones (excluding diaryl/α,β-unsaturated/α-hetero) is 1. The van der Waals surface area contributed by atoms with E-state index in [4.69, 9.17) is 10.8 Å². The predicted molar refractivity (Wildman–Crippen MR) is 143 cm³/mol. The molecule has 204 valence electrons. The Bertz CT molecular complexity index is 938. The number of carbonyl (C=O) groups excluding carboxylic acids is 1. The number of aliphatic carboxylic acids is 1. The SMILES string of the molecule is C/C(=C/C(O)C(N)/C(C)=C/c1csc(C)n1)CCCC(C)C(O)C(C)C(=O)C(C)(C)C(O)CC(=O)O. The Morgan fingerprint density at radius 1 is 1.19 bits per heavy atom. The summed E-state index contributed by atoms with van der Waals surface area (Å²) in [5.74, 6) is -2.46. The molecule has 0 saturated carbocycles. The van der Waals surface area contributed by atoms with Crippen LogP contribution in [-0.2, 0) is 9.59 Å². The minimum atomic E-state index is -1.33. The molecule has 0 aliphatic rings. The highest BCUT2D eigenvalue weighted by atomic mass is 32.1. The summed E-state index contributed by atoms with van der Waals surface area (Å²) in [5.41, 5.74) is 7.60. The number of rotatable bonds is 15. The van der Waals surface area contributed by atoms with E-state index in [2.05, 4.69) is 4.98 Å². The smallest absolute Gasteiger partial charge is 0.306 e. The van der Waals surface area contributed by atoms with Crippen molar-refractivity contribution in [2.24, 2.45) is 23.0 Å². The number of aryl methyl sites for hydroxylation is 1. The zero-order chi connectivity index (χ0) is 27.8. The zero-order valence-corrected chi connectivity index (χ0v) is 23.4. The first kappa shape index (κ1) is 32.1. The quantitative estimate of drug-likeness (QED) is 0.218. The van der Waals surface area contributed by atoms with Gasteiger partial charge in [0.25, 0.3) is 0 Å². The van der Waals surface area contributed by atoms with E-state index in [0.29, 0.717) is 12.8 Å². The van der Waals surface area contributed by atoms with Gasteiger partial charge in [-0.25, -0.2) is 4.98 Å². The highest BCUT2D eigenvalue weighted by Gasteiger charge is 2.41. The minimum absolute atomic E-state index is 0.178. The molecule has 0 amide bonds. The lowest BCUT2D eigenvalue weighted by molar-refractivity contribution is -0.147. The second kappa shape index (κ2) is 14.1. The van der Waals surface area contributed by atoms with E-state index in [1.165, 1.54) is 13.8 Å². The van der Waals surface area contributed by atoms with Crippen molar-refractivity contribution in [3.63, 3.8) is 0 Å². The van der Waals surface area contributed by atoms with Crippen molar-refractivity contribution in [1.29, 1.82) is 0 Å². The number of nitrogens with two attached hydrogens (primary N) is 1. The largest absolute Gasteiger partial charge is 0.481 e. The van der Waals surface area contributed by atoms with Gasteiger partial charge in [0.2, 0.25) is 0 Å². The number of nitrogens with zero attached hydrogens (tertiary/aromatic N) is 1. The van der Waals surface area contributed by atoms with E-state index < -0.39 is 48.1 Å². The van der Waals surface area contributed by atoms with Crippen molar-refractivity contribution < 1.29 is 30.0 Å². The molecule has 8 nitrogen and oxygen atoms in total. The monoisotopic (exact) mass is 524 g/mol. The molecule has 0 aliphatic heterocycles. The van der Waals surface area contributed by atoms with Crippen LogP contribution in [0.3, 0.4) is 0 Å². The average Bonchev–Trinajstić information content (AvgIpc) is 3.20. The van der Waals surface area contributed by atoms with Gasteiger partial charge in [0.1, 0.15) is 5.78 Å². The third kappa shape index (κ3) is 9.52. The molecular weight excluding hydrogens is 480 g/mol. The van der Waals surface area contributed by atoms with Gasteiger partial charge in [-0.1, -0.05) is 44.9 Å². The molecule has 1 aromatic rings. The van der Waals surface area contributed by atoms with Crippen molar-refractivity contribution in [2.45, 2.75) is 98.5 Å². The minimum Gasteiger partial charge on any atom is -0.481 e. The van der Waals surface area contributed by atoms with Gasteiger partial charge in [-0.3, -0.25) is 9.59 Å². The summed E-state index contributed by atoms with van der Waals surface area (Å²) in [6.45, 7) is 12.2. The van der Waals surface area contributed by atoms with Gasteiger partial charge in [-0.2, -0.15) is 0 Å². The molecule has 1 heterocycles. The first-order valence-electron chi connectivity index (χ1n) is 12.4. The Morgan fingerprint density at radius 3 is 2.33 bits per heavy atom. The normalized spacial score (nSPS) is 18.3. The number of hydrogen-bond donors (Lipinski definition) is 5. The number of aliphatic hydroxyl groups is 3. The molecule has 0 aromatic carbocycles. The maximum Gasteiger partial charge on any atom is 0.306 e. The van der Waals surface area contributed by atoms with Crippen LogP contribution in [-0.4, -0.2) is 61.5 Å².